The molecule has 3 atom stereocenters. The Morgan fingerprint density at radius 2 is 1.77 bits per heavy atom. The van der Waals surface area contributed by atoms with Crippen molar-refractivity contribution < 1.29 is 27.5 Å². The number of halogens is 4. The van der Waals surface area contributed by atoms with Gasteiger partial charge in [-0.25, -0.2) is 9.78 Å². The third-order valence-corrected chi connectivity index (χ3v) is 9.30. The zero-order valence-electron chi connectivity index (χ0n) is 24.0. The predicted molar refractivity (Wildman–Crippen MR) is 155 cm³/mol. The van der Waals surface area contributed by atoms with Crippen molar-refractivity contribution in [2.24, 2.45) is 5.92 Å². The van der Waals surface area contributed by atoms with E-state index in [1.807, 2.05) is 17.0 Å². The van der Waals surface area contributed by atoms with Gasteiger partial charge >= 0.3 is 12.3 Å². The number of aromatic nitrogens is 1. The first kappa shape index (κ1) is 30.9. The minimum absolute atomic E-state index is 0.0560. The van der Waals surface area contributed by atoms with Gasteiger partial charge in [0.15, 0.2) is 0 Å². The first-order chi connectivity index (χ1) is 20.5. The highest BCUT2D eigenvalue weighted by molar-refractivity contribution is 6.30. The summed E-state index contributed by atoms with van der Waals surface area (Å²) < 4.78 is 45.0. The molecular weight excluding hydrogens is 583 g/mol. The molecule has 3 aliphatic rings. The number of piperidine rings is 1. The number of benzene rings is 1. The third kappa shape index (κ3) is 7.01. The van der Waals surface area contributed by atoms with Gasteiger partial charge in [-0.1, -0.05) is 23.7 Å². The Kier molecular flexibility index (Phi) is 9.35. The smallest absolute Gasteiger partial charge is 0.410 e. The highest BCUT2D eigenvalue weighted by atomic mass is 35.5. The molecule has 1 unspecified atom stereocenters. The molecule has 230 valence electrons. The molecule has 2 aromatic rings. The van der Waals surface area contributed by atoms with Gasteiger partial charge in [0.2, 0.25) is 5.91 Å². The van der Waals surface area contributed by atoms with Crippen molar-refractivity contribution in [3.63, 3.8) is 0 Å². The number of hydrogen-bond acceptors (Lipinski definition) is 6. The van der Waals surface area contributed by atoms with Crippen LogP contribution in [0.3, 0.4) is 0 Å². The highest BCUT2D eigenvalue weighted by Crippen LogP contribution is 2.39. The molecule has 8 nitrogen and oxygen atoms in total. The number of carbonyl (C=O) groups is 2. The van der Waals surface area contributed by atoms with Gasteiger partial charge in [-0.3, -0.25) is 4.79 Å². The van der Waals surface area contributed by atoms with E-state index in [-0.39, 0.29) is 44.1 Å². The number of alkyl halides is 3. The molecule has 0 radical (unpaired) electrons. The summed E-state index contributed by atoms with van der Waals surface area (Å²) in [7, 11) is 1.62. The molecule has 0 spiro atoms. The number of likely N-dealkylation sites (N-methyl/N-ethyl adjacent to an activating group) is 1. The van der Waals surface area contributed by atoms with Gasteiger partial charge in [0.05, 0.1) is 17.5 Å². The number of carbonyl (C=O) groups excluding carboxylic acids is 2. The van der Waals surface area contributed by atoms with Crippen molar-refractivity contribution >= 4 is 29.4 Å². The van der Waals surface area contributed by atoms with Crippen LogP contribution in [0.4, 0.5) is 23.8 Å². The molecule has 1 aliphatic carbocycles. The second-order valence-electron chi connectivity index (χ2n) is 11.7. The summed E-state index contributed by atoms with van der Waals surface area (Å²) in [4.78, 5) is 37.1. The normalized spacial score (nSPS) is 26.1. The molecule has 1 aromatic carbocycles. The topological polar surface area (TPSA) is 89.8 Å². The van der Waals surface area contributed by atoms with Crippen LogP contribution in [-0.4, -0.2) is 77.8 Å². The fourth-order valence-corrected chi connectivity index (χ4v) is 6.69. The quantitative estimate of drug-likeness (QED) is 0.400. The van der Waals surface area contributed by atoms with Gasteiger partial charge in [0.1, 0.15) is 24.0 Å². The van der Waals surface area contributed by atoms with Crippen LogP contribution < -0.4 is 4.90 Å². The summed E-state index contributed by atoms with van der Waals surface area (Å²) in [5.74, 6) is -0.991. The zero-order chi connectivity index (χ0) is 30.7. The van der Waals surface area contributed by atoms with Crippen molar-refractivity contribution in [1.29, 1.82) is 5.26 Å². The summed E-state index contributed by atoms with van der Waals surface area (Å²) in [6, 6.07) is 12.0. The van der Waals surface area contributed by atoms with Crippen LogP contribution in [0.25, 0.3) is 0 Å². The zero-order valence-corrected chi connectivity index (χ0v) is 24.7. The van der Waals surface area contributed by atoms with E-state index in [0.717, 1.165) is 18.4 Å². The van der Waals surface area contributed by atoms with Crippen molar-refractivity contribution in [2.75, 3.05) is 31.6 Å². The fraction of sp³-hybridized carbons (Fsp3) is 0.548. The minimum Gasteiger partial charge on any atom is -0.446 e. The lowest BCUT2D eigenvalue weighted by Gasteiger charge is -2.37. The lowest BCUT2D eigenvalue weighted by Crippen LogP contribution is -2.51. The number of rotatable bonds is 5. The molecule has 12 heteroatoms. The summed E-state index contributed by atoms with van der Waals surface area (Å²) in [6.45, 7) is 1.32. The Hall–Kier alpha value is -3.52. The first-order valence-corrected chi connectivity index (χ1v) is 15.1. The van der Waals surface area contributed by atoms with E-state index in [1.165, 1.54) is 11.1 Å². The maximum Gasteiger partial charge on any atom is 0.410 e. The van der Waals surface area contributed by atoms with Crippen molar-refractivity contribution in [3.8, 4) is 6.07 Å². The van der Waals surface area contributed by atoms with Gasteiger partial charge in [-0.05, 0) is 74.8 Å². The van der Waals surface area contributed by atoms with Crippen LogP contribution in [0, 0.1) is 17.2 Å². The number of ether oxygens (including phenoxy) is 1. The van der Waals surface area contributed by atoms with Crippen molar-refractivity contribution in [2.45, 2.75) is 75.2 Å². The first-order valence-electron chi connectivity index (χ1n) is 14.7. The Bertz CT molecular complexity index is 1330. The Balaban J connectivity index is 1.31. The fourth-order valence-electron chi connectivity index (χ4n) is 6.56. The number of likely N-dealkylation sites (tertiary alicyclic amines) is 1. The van der Waals surface area contributed by atoms with Gasteiger partial charge in [0.25, 0.3) is 0 Å². The average Bonchev–Trinajstić information content (AvgIpc) is 3.46. The standard InChI is InChI=1S/C31H35ClF3N5O3/c1-38(30(42)43-24-12-8-22(9-13-24)31(33,34)35)27-19-39(18-25(27)21-6-10-23(32)11-7-21)29(41)26-4-2-3-15-40(26)28-14-5-20(16-36)17-37-28/h5-7,10-11,14,17,22,24-27H,2-4,8-9,12-13,15,18-19H2,1H3/t22?,24?,25-,26?,27+/m0/s1. The number of pyridine rings is 1. The van der Waals surface area contributed by atoms with Gasteiger partial charge in [-0.2, -0.15) is 18.4 Å². The van der Waals surface area contributed by atoms with E-state index in [9.17, 15) is 22.8 Å². The maximum absolute atomic E-state index is 14.1. The minimum atomic E-state index is -4.23. The summed E-state index contributed by atoms with van der Waals surface area (Å²) >= 11 is 6.14. The SMILES string of the molecule is CN(C(=O)OC1CCC(C(F)(F)F)CC1)[C@@H]1CN(C(=O)C2CCCCN2c2ccc(C#N)cn2)C[C@H]1c1ccc(Cl)cc1. The van der Waals surface area contributed by atoms with E-state index in [0.29, 0.717) is 35.9 Å². The van der Waals surface area contributed by atoms with E-state index >= 15 is 0 Å². The number of hydrogen-bond donors (Lipinski definition) is 0. The molecule has 43 heavy (non-hydrogen) atoms. The predicted octanol–water partition coefficient (Wildman–Crippen LogP) is 6.15. The van der Waals surface area contributed by atoms with Crippen LogP contribution in [0.1, 0.15) is 62.0 Å². The molecule has 2 saturated heterocycles. The molecule has 2 amide bonds. The number of nitriles is 1. The monoisotopic (exact) mass is 617 g/mol. The lowest BCUT2D eigenvalue weighted by atomic mass is 9.87. The Morgan fingerprint density at radius 3 is 2.40 bits per heavy atom. The lowest BCUT2D eigenvalue weighted by molar-refractivity contribution is -0.186. The van der Waals surface area contributed by atoms with E-state index in [2.05, 4.69) is 11.1 Å². The Labute approximate surface area is 254 Å². The van der Waals surface area contributed by atoms with E-state index < -0.39 is 36.4 Å². The number of amides is 2. The average molecular weight is 618 g/mol. The number of anilines is 1. The van der Waals surface area contributed by atoms with Crippen molar-refractivity contribution in [1.82, 2.24) is 14.8 Å². The summed E-state index contributed by atoms with van der Waals surface area (Å²) in [6.07, 6.45) is -1.22. The molecule has 3 fully saturated rings. The van der Waals surface area contributed by atoms with Crippen LogP contribution in [-0.2, 0) is 9.53 Å². The molecule has 5 rings (SSSR count). The molecule has 3 heterocycles. The van der Waals surface area contributed by atoms with E-state index in [1.54, 1.807) is 36.2 Å². The largest absolute Gasteiger partial charge is 0.446 e. The van der Waals surface area contributed by atoms with Crippen LogP contribution in [0.5, 0.6) is 0 Å². The maximum atomic E-state index is 14.1. The van der Waals surface area contributed by atoms with Gasteiger partial charge < -0.3 is 19.4 Å². The molecule has 1 aromatic heterocycles. The van der Waals surface area contributed by atoms with Crippen LogP contribution in [0.2, 0.25) is 5.02 Å². The number of nitrogens with zero attached hydrogens (tertiary/aromatic N) is 5. The van der Waals surface area contributed by atoms with Gasteiger partial charge in [-0.15, -0.1) is 0 Å². The van der Waals surface area contributed by atoms with E-state index in [4.69, 9.17) is 21.6 Å². The van der Waals surface area contributed by atoms with Crippen LogP contribution in [0.15, 0.2) is 42.6 Å². The molecule has 0 bridgehead atoms. The summed E-state index contributed by atoms with van der Waals surface area (Å²) in [5.41, 5.74) is 1.37. The summed E-state index contributed by atoms with van der Waals surface area (Å²) in [5, 5.41) is 9.72. The van der Waals surface area contributed by atoms with Crippen LogP contribution >= 0.6 is 11.6 Å². The second-order valence-corrected chi connectivity index (χ2v) is 12.1. The molecule has 2 aliphatic heterocycles. The molecule has 0 N–H and O–H groups in total. The van der Waals surface area contributed by atoms with Crippen molar-refractivity contribution in [3.05, 3.63) is 58.7 Å². The third-order valence-electron chi connectivity index (χ3n) is 9.05. The molecule has 1 saturated carbocycles. The molecular formula is C31H35ClF3N5O3. The highest BCUT2D eigenvalue weighted by Gasteiger charge is 2.45. The second kappa shape index (κ2) is 13.0. The van der Waals surface area contributed by atoms with Gasteiger partial charge in [0, 0.05) is 43.8 Å². The Morgan fingerprint density at radius 1 is 1.05 bits per heavy atom.